The maximum Gasteiger partial charge on any atom is 0.435 e. The number of amides is 1. The standard InChI is InChI=1S/C26H27F8NO4S/c1-22(2,3)39-21(36)35-19-12-14-23(15-13-19,40(37,38)20-10-8-18(27)9-11-20)16-4-6-17(7-5-16)24(28,25(29,30)31)26(32,33)34/h4-11,19H,12-15H2,1-3H3,(H,35,36). The molecule has 2 aromatic rings. The van der Waals surface area contributed by atoms with Gasteiger partial charge in [0, 0.05) is 11.6 Å². The Labute approximate surface area is 225 Å². The number of sulfone groups is 1. The molecular formula is C26H27F8NO4S. The third-order valence-electron chi connectivity index (χ3n) is 6.74. The van der Waals surface area contributed by atoms with Crippen molar-refractivity contribution in [3.8, 4) is 0 Å². The summed E-state index contributed by atoms with van der Waals surface area (Å²) in [5.41, 5.74) is -8.43. The van der Waals surface area contributed by atoms with Gasteiger partial charge in [-0.3, -0.25) is 0 Å². The molecule has 3 rings (SSSR count). The fourth-order valence-corrected chi connectivity index (χ4v) is 6.91. The van der Waals surface area contributed by atoms with Crippen LogP contribution in [0.3, 0.4) is 0 Å². The minimum Gasteiger partial charge on any atom is -0.444 e. The Hall–Kier alpha value is -2.90. The molecule has 0 saturated heterocycles. The lowest BCUT2D eigenvalue weighted by atomic mass is 9.80. The summed E-state index contributed by atoms with van der Waals surface area (Å²) in [6.45, 7) is 4.92. The van der Waals surface area contributed by atoms with Gasteiger partial charge in [0.05, 0.1) is 4.90 Å². The molecule has 0 atom stereocenters. The van der Waals surface area contributed by atoms with Gasteiger partial charge in [0.15, 0.2) is 9.84 Å². The van der Waals surface area contributed by atoms with E-state index >= 15 is 0 Å². The molecule has 1 aliphatic carbocycles. The van der Waals surface area contributed by atoms with Crippen molar-refractivity contribution in [1.82, 2.24) is 5.32 Å². The first-order valence-electron chi connectivity index (χ1n) is 12.1. The van der Waals surface area contributed by atoms with E-state index in [0.717, 1.165) is 36.4 Å². The number of ether oxygens (including phenoxy) is 1. The van der Waals surface area contributed by atoms with Crippen LogP contribution in [0, 0.1) is 5.82 Å². The highest BCUT2D eigenvalue weighted by molar-refractivity contribution is 7.92. The van der Waals surface area contributed by atoms with E-state index in [-0.39, 0.29) is 48.3 Å². The van der Waals surface area contributed by atoms with E-state index in [1.807, 2.05) is 0 Å². The molecule has 0 aliphatic heterocycles. The highest BCUT2D eigenvalue weighted by atomic mass is 32.2. The molecule has 1 aliphatic rings. The maximum atomic E-state index is 14.6. The van der Waals surface area contributed by atoms with Gasteiger partial charge < -0.3 is 10.1 Å². The topological polar surface area (TPSA) is 72.5 Å². The summed E-state index contributed by atoms with van der Waals surface area (Å²) >= 11 is 0. The van der Waals surface area contributed by atoms with E-state index in [1.165, 1.54) is 0 Å². The van der Waals surface area contributed by atoms with Crippen LogP contribution in [0.1, 0.15) is 57.6 Å². The molecule has 0 heterocycles. The molecule has 1 N–H and O–H groups in total. The molecule has 40 heavy (non-hydrogen) atoms. The number of rotatable bonds is 5. The first-order chi connectivity index (χ1) is 18.1. The lowest BCUT2D eigenvalue weighted by Crippen LogP contribution is -2.50. The number of hydrogen-bond donors (Lipinski definition) is 1. The predicted octanol–water partition coefficient (Wildman–Crippen LogP) is 7.25. The van der Waals surface area contributed by atoms with Gasteiger partial charge in [-0.1, -0.05) is 24.3 Å². The number of alkyl halides is 7. The summed E-state index contributed by atoms with van der Waals surface area (Å²) in [7, 11) is -4.43. The van der Waals surface area contributed by atoms with Crippen molar-refractivity contribution in [1.29, 1.82) is 0 Å². The van der Waals surface area contributed by atoms with Crippen molar-refractivity contribution in [3.63, 3.8) is 0 Å². The lowest BCUT2D eigenvalue weighted by Gasteiger charge is -2.40. The molecule has 0 bridgehead atoms. The third-order valence-corrected chi connectivity index (χ3v) is 9.31. The number of halogens is 8. The van der Waals surface area contributed by atoms with Crippen LogP contribution >= 0.6 is 0 Å². The van der Waals surface area contributed by atoms with Gasteiger partial charge in [-0.15, -0.1) is 0 Å². The summed E-state index contributed by atoms with van der Waals surface area (Å²) in [6, 6.07) is 5.20. The van der Waals surface area contributed by atoms with Gasteiger partial charge in [0.1, 0.15) is 16.2 Å². The quantitative estimate of drug-likeness (QED) is 0.290. The van der Waals surface area contributed by atoms with Crippen molar-refractivity contribution < 1.29 is 53.1 Å². The number of carbonyl (C=O) groups excluding carboxylic acids is 1. The van der Waals surface area contributed by atoms with Gasteiger partial charge in [0.2, 0.25) is 0 Å². The summed E-state index contributed by atoms with van der Waals surface area (Å²) in [5, 5.41) is 2.62. The zero-order valence-corrected chi connectivity index (χ0v) is 22.4. The number of carbonyl (C=O) groups is 1. The molecule has 222 valence electrons. The van der Waals surface area contributed by atoms with Gasteiger partial charge in [-0.2, -0.15) is 26.3 Å². The van der Waals surface area contributed by atoms with Gasteiger partial charge >= 0.3 is 24.1 Å². The second-order valence-electron chi connectivity index (χ2n) is 10.6. The zero-order valence-electron chi connectivity index (χ0n) is 21.6. The van der Waals surface area contributed by atoms with E-state index in [1.54, 1.807) is 20.8 Å². The van der Waals surface area contributed by atoms with Crippen LogP contribution in [0.25, 0.3) is 0 Å². The average Bonchev–Trinajstić information content (AvgIpc) is 2.82. The van der Waals surface area contributed by atoms with E-state index in [2.05, 4.69) is 5.32 Å². The summed E-state index contributed by atoms with van der Waals surface area (Å²) in [6.07, 6.45) is -13.8. The molecule has 1 fully saturated rings. The molecule has 0 radical (unpaired) electrons. The Morgan fingerprint density at radius 3 is 1.75 bits per heavy atom. The summed E-state index contributed by atoms with van der Waals surface area (Å²) in [4.78, 5) is 11.9. The molecule has 1 saturated carbocycles. The highest BCUT2D eigenvalue weighted by Crippen LogP contribution is 2.54. The maximum absolute atomic E-state index is 14.6. The first kappa shape index (κ1) is 31.6. The monoisotopic (exact) mass is 601 g/mol. The smallest absolute Gasteiger partial charge is 0.435 e. The zero-order chi connectivity index (χ0) is 30.4. The summed E-state index contributed by atoms with van der Waals surface area (Å²) < 4.78 is 139. The van der Waals surface area contributed by atoms with E-state index in [9.17, 15) is 48.3 Å². The number of alkyl carbamates (subject to hydrolysis) is 1. The number of benzene rings is 2. The molecule has 0 unspecified atom stereocenters. The van der Waals surface area contributed by atoms with Crippen LogP contribution in [-0.4, -0.2) is 38.5 Å². The Balaban J connectivity index is 2.05. The van der Waals surface area contributed by atoms with Crippen LogP contribution in [-0.2, 0) is 25.0 Å². The third kappa shape index (κ3) is 5.91. The van der Waals surface area contributed by atoms with Crippen LogP contribution in [0.5, 0.6) is 0 Å². The van der Waals surface area contributed by atoms with E-state index in [4.69, 9.17) is 4.74 Å². The minimum atomic E-state index is -6.34. The molecule has 14 heteroatoms. The second kappa shape index (κ2) is 10.5. The van der Waals surface area contributed by atoms with Gasteiger partial charge in [-0.05, 0) is 76.3 Å². The van der Waals surface area contributed by atoms with Crippen LogP contribution in [0.4, 0.5) is 39.9 Å². The lowest BCUT2D eigenvalue weighted by molar-refractivity contribution is -0.348. The van der Waals surface area contributed by atoms with Crippen molar-refractivity contribution in [2.24, 2.45) is 0 Å². The largest absolute Gasteiger partial charge is 0.444 e. The average molecular weight is 602 g/mol. The molecular weight excluding hydrogens is 574 g/mol. The van der Waals surface area contributed by atoms with Crippen molar-refractivity contribution in [2.45, 2.75) is 85.8 Å². The Bertz CT molecular complexity index is 1290. The summed E-state index contributed by atoms with van der Waals surface area (Å²) in [5.74, 6) is -0.735. The fraction of sp³-hybridized carbons (Fsp3) is 0.500. The second-order valence-corrected chi connectivity index (χ2v) is 12.9. The van der Waals surface area contributed by atoms with Crippen LogP contribution in [0.15, 0.2) is 53.4 Å². The number of hydrogen-bond acceptors (Lipinski definition) is 4. The molecule has 0 aromatic heterocycles. The Morgan fingerprint density at radius 1 is 0.850 bits per heavy atom. The Morgan fingerprint density at radius 2 is 1.32 bits per heavy atom. The van der Waals surface area contributed by atoms with E-state index < -0.39 is 61.7 Å². The minimum absolute atomic E-state index is 0.0412. The first-order valence-corrected chi connectivity index (χ1v) is 13.6. The van der Waals surface area contributed by atoms with Crippen LogP contribution in [0.2, 0.25) is 0 Å². The van der Waals surface area contributed by atoms with Crippen molar-refractivity contribution in [3.05, 3.63) is 65.5 Å². The SMILES string of the molecule is CC(C)(C)OC(=O)NC1CCC(c2ccc(C(F)(C(F)(F)F)C(F)(F)F)cc2)(S(=O)(=O)c2ccc(F)cc2)CC1. The fourth-order valence-electron chi connectivity index (χ4n) is 4.75. The number of nitrogens with one attached hydrogen (secondary N) is 1. The van der Waals surface area contributed by atoms with Crippen LogP contribution < -0.4 is 5.32 Å². The van der Waals surface area contributed by atoms with Crippen molar-refractivity contribution >= 4 is 15.9 Å². The highest BCUT2D eigenvalue weighted by Gasteiger charge is 2.73. The molecule has 5 nitrogen and oxygen atoms in total. The molecule has 0 spiro atoms. The van der Waals surface area contributed by atoms with Gasteiger partial charge in [-0.25, -0.2) is 22.0 Å². The molecule has 1 amide bonds. The normalized spacial score (nSPS) is 21.1. The predicted molar refractivity (Wildman–Crippen MR) is 128 cm³/mol. The molecule has 2 aromatic carbocycles. The Kier molecular flexibility index (Phi) is 8.30. The van der Waals surface area contributed by atoms with Gasteiger partial charge in [0.25, 0.3) is 0 Å². The van der Waals surface area contributed by atoms with E-state index in [0.29, 0.717) is 0 Å². The van der Waals surface area contributed by atoms with Crippen molar-refractivity contribution in [2.75, 3.05) is 0 Å².